The summed E-state index contributed by atoms with van der Waals surface area (Å²) in [5, 5.41) is 0. The highest BCUT2D eigenvalue weighted by molar-refractivity contribution is 8.18. The van der Waals surface area contributed by atoms with Gasteiger partial charge in [0.25, 0.3) is 0 Å². The molecule has 1 unspecified atom stereocenters. The first kappa shape index (κ1) is 24.1. The maximum Gasteiger partial charge on any atom is 0.207 e. The lowest BCUT2D eigenvalue weighted by Crippen LogP contribution is -2.48. The Balaban J connectivity index is 0.00000124. The standard InChI is InChI=1S/C23H33FO2S2.C2H6/c1-3-6-16-7-9-17(10-8-16)19-15-18-11-12-20(25-4-2)21(24)22(18)26-23(19)27-13-5-14-28-23;1-2/h11-12,16-17,19H,3-10,13-15H2,1-2H3;1-2H3. The minimum absolute atomic E-state index is 0.310. The fraction of sp³-hybridized carbons (Fsp3) is 0.760. The third-order valence-electron chi connectivity index (χ3n) is 6.63. The number of ether oxygens (including phenoxy) is 2. The zero-order chi connectivity index (χ0) is 21.6. The zero-order valence-electron chi connectivity index (χ0n) is 19.2. The van der Waals surface area contributed by atoms with Gasteiger partial charge in [0.05, 0.1) is 6.61 Å². The second-order valence-corrected chi connectivity index (χ2v) is 11.3. The number of thioether (sulfide) groups is 2. The average molecular weight is 455 g/mol. The maximum absolute atomic E-state index is 15.1. The molecule has 0 radical (unpaired) electrons. The molecule has 1 saturated carbocycles. The van der Waals surface area contributed by atoms with Gasteiger partial charge in [-0.05, 0) is 67.6 Å². The molecule has 1 spiro atoms. The molecule has 1 aliphatic carbocycles. The van der Waals surface area contributed by atoms with Crippen LogP contribution in [0, 0.1) is 23.6 Å². The van der Waals surface area contributed by atoms with Gasteiger partial charge in [-0.15, -0.1) is 23.5 Å². The molecular formula is C25H39FO2S2. The van der Waals surface area contributed by atoms with Crippen LogP contribution in [0.4, 0.5) is 4.39 Å². The Bertz CT molecular complexity index is 667. The Hall–Kier alpha value is -0.550. The summed E-state index contributed by atoms with van der Waals surface area (Å²) < 4.78 is 26.9. The number of hydrogen-bond donors (Lipinski definition) is 0. The molecule has 2 fully saturated rings. The summed E-state index contributed by atoms with van der Waals surface area (Å²) in [6.45, 7) is 8.65. The Morgan fingerprint density at radius 1 is 1.10 bits per heavy atom. The molecule has 2 nitrogen and oxygen atoms in total. The van der Waals surface area contributed by atoms with Gasteiger partial charge in [-0.25, -0.2) is 0 Å². The van der Waals surface area contributed by atoms with E-state index in [1.807, 2.05) is 50.4 Å². The summed E-state index contributed by atoms with van der Waals surface area (Å²) >= 11 is 3.85. The lowest BCUT2D eigenvalue weighted by Gasteiger charge is -2.49. The van der Waals surface area contributed by atoms with Gasteiger partial charge in [0.15, 0.2) is 11.5 Å². The molecule has 5 heteroatoms. The van der Waals surface area contributed by atoms with Crippen LogP contribution >= 0.6 is 23.5 Å². The van der Waals surface area contributed by atoms with E-state index in [9.17, 15) is 0 Å². The van der Waals surface area contributed by atoms with E-state index >= 15 is 4.39 Å². The van der Waals surface area contributed by atoms with E-state index < -0.39 is 0 Å². The fourth-order valence-corrected chi connectivity index (χ4v) is 8.67. The van der Waals surface area contributed by atoms with Crippen LogP contribution in [0.5, 0.6) is 11.5 Å². The molecule has 0 N–H and O–H groups in total. The lowest BCUT2D eigenvalue weighted by molar-refractivity contribution is 0.0809. The molecule has 1 aromatic rings. The summed E-state index contributed by atoms with van der Waals surface area (Å²) in [5.41, 5.74) is 1.03. The van der Waals surface area contributed by atoms with Crippen LogP contribution in [0.1, 0.15) is 78.2 Å². The predicted molar refractivity (Wildman–Crippen MR) is 129 cm³/mol. The SMILES string of the molecule is CC.CCCC1CCC(C2Cc3ccc(OCC)c(F)c3OC23SCCCS3)CC1. The molecule has 170 valence electrons. The van der Waals surface area contributed by atoms with Crippen LogP contribution in [-0.2, 0) is 6.42 Å². The van der Waals surface area contributed by atoms with Crippen molar-refractivity contribution in [1.29, 1.82) is 0 Å². The first-order chi connectivity index (χ1) is 14.7. The van der Waals surface area contributed by atoms with Crippen molar-refractivity contribution in [1.82, 2.24) is 0 Å². The van der Waals surface area contributed by atoms with Crippen molar-refractivity contribution in [2.75, 3.05) is 18.1 Å². The highest BCUT2D eigenvalue weighted by atomic mass is 32.2. The van der Waals surface area contributed by atoms with Gasteiger partial charge >= 0.3 is 0 Å². The molecule has 1 saturated heterocycles. The number of benzene rings is 1. The van der Waals surface area contributed by atoms with Crippen LogP contribution < -0.4 is 9.47 Å². The van der Waals surface area contributed by atoms with Crippen LogP contribution in [0.15, 0.2) is 12.1 Å². The third kappa shape index (κ3) is 5.09. The van der Waals surface area contributed by atoms with Crippen molar-refractivity contribution in [2.24, 2.45) is 17.8 Å². The summed E-state index contributed by atoms with van der Waals surface area (Å²) in [6, 6.07) is 3.82. The second kappa shape index (κ2) is 11.4. The van der Waals surface area contributed by atoms with Crippen LogP contribution in [0.3, 0.4) is 0 Å². The van der Waals surface area contributed by atoms with E-state index in [2.05, 4.69) is 6.92 Å². The average Bonchev–Trinajstić information content (AvgIpc) is 2.79. The highest BCUT2D eigenvalue weighted by Gasteiger charge is 2.51. The number of halogens is 1. The van der Waals surface area contributed by atoms with E-state index in [1.165, 1.54) is 44.9 Å². The van der Waals surface area contributed by atoms with Crippen molar-refractivity contribution in [3.63, 3.8) is 0 Å². The molecule has 30 heavy (non-hydrogen) atoms. The summed E-state index contributed by atoms with van der Waals surface area (Å²) in [5.74, 6) is 4.74. The van der Waals surface area contributed by atoms with Crippen LogP contribution in [0.25, 0.3) is 0 Å². The minimum atomic E-state index is -0.320. The van der Waals surface area contributed by atoms with Crippen molar-refractivity contribution in [3.8, 4) is 11.5 Å². The van der Waals surface area contributed by atoms with Gasteiger partial charge in [0, 0.05) is 5.92 Å². The largest absolute Gasteiger partial charge is 0.491 e. The lowest BCUT2D eigenvalue weighted by atomic mass is 9.72. The Labute approximate surface area is 191 Å². The number of rotatable bonds is 5. The van der Waals surface area contributed by atoms with Gasteiger partial charge < -0.3 is 9.47 Å². The third-order valence-corrected chi connectivity index (χ3v) is 9.90. The van der Waals surface area contributed by atoms with E-state index in [1.54, 1.807) is 6.07 Å². The summed E-state index contributed by atoms with van der Waals surface area (Å²) in [6.07, 6.45) is 10.1. The van der Waals surface area contributed by atoms with Crippen LogP contribution in [0.2, 0.25) is 0 Å². The molecule has 0 amide bonds. The van der Waals surface area contributed by atoms with E-state index in [-0.39, 0.29) is 10.1 Å². The Kier molecular flexibility index (Phi) is 9.12. The van der Waals surface area contributed by atoms with E-state index in [4.69, 9.17) is 9.47 Å². The van der Waals surface area contributed by atoms with E-state index in [0.717, 1.165) is 29.4 Å². The van der Waals surface area contributed by atoms with Crippen molar-refractivity contribution in [3.05, 3.63) is 23.5 Å². The molecule has 1 aromatic carbocycles. The molecule has 1 atom stereocenters. The molecule has 3 aliphatic rings. The van der Waals surface area contributed by atoms with Gasteiger partial charge in [0.2, 0.25) is 10.1 Å². The van der Waals surface area contributed by atoms with Crippen molar-refractivity contribution in [2.45, 2.75) is 83.3 Å². The zero-order valence-corrected chi connectivity index (χ0v) is 20.8. The summed E-state index contributed by atoms with van der Waals surface area (Å²) in [7, 11) is 0. The predicted octanol–water partition coefficient (Wildman–Crippen LogP) is 7.93. The highest BCUT2D eigenvalue weighted by Crippen LogP contribution is 2.58. The van der Waals surface area contributed by atoms with Gasteiger partial charge in [-0.2, -0.15) is 4.39 Å². The van der Waals surface area contributed by atoms with Crippen molar-refractivity contribution >= 4 is 23.5 Å². The second-order valence-electron chi connectivity index (χ2n) is 8.44. The van der Waals surface area contributed by atoms with Crippen LogP contribution in [-0.4, -0.2) is 22.4 Å². The quantitative estimate of drug-likeness (QED) is 0.449. The number of hydrogen-bond acceptors (Lipinski definition) is 4. The minimum Gasteiger partial charge on any atom is -0.491 e. The first-order valence-electron chi connectivity index (χ1n) is 12.1. The van der Waals surface area contributed by atoms with E-state index in [0.29, 0.717) is 29.9 Å². The smallest absolute Gasteiger partial charge is 0.207 e. The normalized spacial score (nSPS) is 27.4. The fourth-order valence-electron chi connectivity index (χ4n) is 5.24. The molecule has 2 heterocycles. The van der Waals surface area contributed by atoms with Gasteiger partial charge in [-0.3, -0.25) is 0 Å². The Morgan fingerprint density at radius 2 is 1.80 bits per heavy atom. The molecule has 4 rings (SSSR count). The summed E-state index contributed by atoms with van der Waals surface area (Å²) in [4.78, 5) is 0. The van der Waals surface area contributed by atoms with Gasteiger partial charge in [-0.1, -0.05) is 52.5 Å². The first-order valence-corrected chi connectivity index (χ1v) is 14.0. The topological polar surface area (TPSA) is 18.5 Å². The monoisotopic (exact) mass is 454 g/mol. The number of fused-ring (bicyclic) bond motifs is 1. The molecule has 0 aromatic heterocycles. The van der Waals surface area contributed by atoms with Crippen molar-refractivity contribution < 1.29 is 13.9 Å². The van der Waals surface area contributed by atoms with Gasteiger partial charge in [0.1, 0.15) is 0 Å². The molecular weight excluding hydrogens is 415 g/mol. The Morgan fingerprint density at radius 3 is 2.43 bits per heavy atom. The molecule has 0 bridgehead atoms. The maximum atomic E-state index is 15.1. The molecule has 2 aliphatic heterocycles.